The molecule has 14 heteroatoms. The quantitative estimate of drug-likeness (QED) is 0.0161. The van der Waals surface area contributed by atoms with Gasteiger partial charge in [0.15, 0.2) is 12.4 Å². The summed E-state index contributed by atoms with van der Waals surface area (Å²) in [4.78, 5) is 30.4. The van der Waals surface area contributed by atoms with Crippen molar-refractivity contribution in [2.75, 3.05) is 6.61 Å². The second-order valence-corrected chi connectivity index (χ2v) is 26.8. The SMILES string of the molecule is CCCCCCCCCCC[C@H](CC(=O)N[C@H]1[C@@H](OP(=O)(OCc2ccccc2)OCc2ccccc2)O[C@H](COC(c2ccccc2)(c2ccccc2)c2ccccc2)[C@@H](O)[C@@H]1OC(=O)C[C@@H](CCCCCCCCCCC)OCc1ccccc1)OCc1ccccc1. The molecule has 0 aliphatic carbocycles. The number of aliphatic hydroxyl groups is 1. The van der Waals surface area contributed by atoms with Gasteiger partial charge in [-0.3, -0.25) is 23.2 Å². The summed E-state index contributed by atoms with van der Waals surface area (Å²) in [5, 5.41) is 16.3. The maximum atomic E-state index is 15.8. The third kappa shape index (κ3) is 25.4. The average molecular weight is 1310 g/mol. The number of esters is 1. The van der Waals surface area contributed by atoms with E-state index in [1.807, 2.05) is 212 Å². The van der Waals surface area contributed by atoms with E-state index in [1.54, 1.807) is 0 Å². The highest BCUT2D eigenvalue weighted by atomic mass is 31.2. The molecule has 0 spiro atoms. The lowest BCUT2D eigenvalue weighted by Crippen LogP contribution is -2.66. The fraction of sp³-hybridized carbons (Fsp3) is 0.457. The van der Waals surface area contributed by atoms with Crippen LogP contribution in [0.15, 0.2) is 212 Å². The molecule has 13 nitrogen and oxygen atoms in total. The number of aliphatic hydroxyl groups excluding tert-OH is 1. The zero-order chi connectivity index (χ0) is 66.4. The molecule has 7 atom stereocenters. The van der Waals surface area contributed by atoms with Crippen molar-refractivity contribution in [2.24, 2.45) is 0 Å². The summed E-state index contributed by atoms with van der Waals surface area (Å²) < 4.78 is 69.2. The van der Waals surface area contributed by atoms with Crippen LogP contribution in [0.5, 0.6) is 0 Å². The van der Waals surface area contributed by atoms with Crippen molar-refractivity contribution in [3.8, 4) is 0 Å². The molecule has 0 bridgehead atoms. The lowest BCUT2D eigenvalue weighted by Gasteiger charge is -2.45. The smallest absolute Gasteiger partial charge is 0.457 e. The van der Waals surface area contributed by atoms with Gasteiger partial charge in [-0.15, -0.1) is 0 Å². The van der Waals surface area contributed by atoms with E-state index in [-0.39, 0.29) is 45.9 Å². The molecule has 1 aliphatic rings. The van der Waals surface area contributed by atoms with Crippen LogP contribution >= 0.6 is 7.82 Å². The van der Waals surface area contributed by atoms with Gasteiger partial charge in [0.25, 0.3) is 0 Å². The third-order valence-corrected chi connectivity index (χ3v) is 19.1. The molecule has 1 aliphatic heterocycles. The first-order chi connectivity index (χ1) is 46.6. The van der Waals surface area contributed by atoms with Gasteiger partial charge in [0.05, 0.1) is 58.1 Å². The van der Waals surface area contributed by atoms with Crippen LogP contribution in [0.4, 0.5) is 0 Å². The summed E-state index contributed by atoms with van der Waals surface area (Å²) in [7, 11) is -4.78. The van der Waals surface area contributed by atoms with Crippen LogP contribution in [0.1, 0.15) is 194 Å². The predicted octanol–water partition coefficient (Wildman–Crippen LogP) is 18.8. The topological polar surface area (TPSA) is 157 Å². The minimum atomic E-state index is -4.78. The third-order valence-electron chi connectivity index (χ3n) is 17.7. The summed E-state index contributed by atoms with van der Waals surface area (Å²) >= 11 is 0. The molecule has 1 heterocycles. The molecule has 7 aromatic carbocycles. The number of hydrogen-bond donors (Lipinski definition) is 2. The molecule has 2 N–H and O–H groups in total. The van der Waals surface area contributed by atoms with Gasteiger partial charge in [0.2, 0.25) is 5.91 Å². The summed E-state index contributed by atoms with van der Waals surface area (Å²) in [6, 6.07) is 66.0. The summed E-state index contributed by atoms with van der Waals surface area (Å²) in [6.07, 6.45) is 13.8. The highest BCUT2D eigenvalue weighted by molar-refractivity contribution is 7.48. The molecule has 0 unspecified atom stereocenters. The van der Waals surface area contributed by atoms with E-state index >= 15 is 14.2 Å². The van der Waals surface area contributed by atoms with E-state index in [0.29, 0.717) is 24.0 Å². The highest BCUT2D eigenvalue weighted by Gasteiger charge is 2.53. The maximum Gasteiger partial charge on any atom is 0.477 e. The van der Waals surface area contributed by atoms with Gasteiger partial charge in [-0.05, 0) is 51.8 Å². The van der Waals surface area contributed by atoms with Crippen molar-refractivity contribution in [1.29, 1.82) is 0 Å². The van der Waals surface area contributed by atoms with Gasteiger partial charge in [-0.2, -0.15) is 0 Å². The zero-order valence-corrected chi connectivity index (χ0v) is 57.1. The minimum Gasteiger partial charge on any atom is -0.457 e. The Hall–Kier alpha value is -6.61. The predicted molar refractivity (Wildman–Crippen MR) is 376 cm³/mol. The van der Waals surface area contributed by atoms with Gasteiger partial charge in [0.1, 0.15) is 23.9 Å². The summed E-state index contributed by atoms with van der Waals surface area (Å²) in [5.41, 5.74) is 4.35. The number of hydrogen-bond acceptors (Lipinski definition) is 12. The number of phosphoric acid groups is 1. The molecule has 95 heavy (non-hydrogen) atoms. The number of carbonyl (C=O) groups excluding carboxylic acids is 2. The molecule has 1 saturated heterocycles. The molecule has 7 aromatic rings. The fourth-order valence-electron chi connectivity index (χ4n) is 12.4. The van der Waals surface area contributed by atoms with Crippen molar-refractivity contribution >= 4 is 19.7 Å². The van der Waals surface area contributed by atoms with Gasteiger partial charge < -0.3 is 34.1 Å². The van der Waals surface area contributed by atoms with Gasteiger partial charge in [-0.25, -0.2) is 4.57 Å². The van der Waals surface area contributed by atoms with E-state index in [9.17, 15) is 5.11 Å². The van der Waals surface area contributed by atoms with Crippen LogP contribution in [0.25, 0.3) is 0 Å². The van der Waals surface area contributed by atoms with Crippen LogP contribution in [0, 0.1) is 0 Å². The first kappa shape index (κ1) is 74.2. The minimum absolute atomic E-state index is 0.106. The lowest BCUT2D eigenvalue weighted by atomic mass is 9.80. The van der Waals surface area contributed by atoms with Gasteiger partial charge in [-0.1, -0.05) is 342 Å². The Kier molecular flexibility index (Phi) is 32.9. The van der Waals surface area contributed by atoms with E-state index in [4.69, 9.17) is 37.3 Å². The van der Waals surface area contributed by atoms with Crippen LogP contribution in [-0.4, -0.2) is 66.4 Å². The van der Waals surface area contributed by atoms with Crippen molar-refractivity contribution in [3.63, 3.8) is 0 Å². The first-order valence-electron chi connectivity index (χ1n) is 35.2. The lowest BCUT2D eigenvalue weighted by molar-refractivity contribution is -0.262. The van der Waals surface area contributed by atoms with E-state index < -0.39 is 68.2 Å². The molecule has 8 rings (SSSR count). The standard InChI is InChI=1S/C81H104NO12P/c1-3-5-7-9-11-13-15-17-40-56-72(87-60-65-42-26-19-27-43-65)58-75(83)82-77-79(93-76(84)59-73(88-61-66-44-28-20-29-45-66)57-41-18-16-14-12-10-8-6-4-2)78(85)74(64-89-81(69-50-34-23-35-51-69,70-52-36-24-37-53-70)71-54-38-25-39-55-71)92-80(77)94-95(86,90-62-67-46-30-21-31-47-67)91-63-68-48-32-22-33-49-68/h19-39,42-55,72-74,77-80,85H,3-18,40-41,56-64H2,1-2H3,(H,82,83)/t72-,73-,74-,77-,78-,79-,80-/m1/s1. The van der Waals surface area contributed by atoms with E-state index in [1.165, 1.54) is 64.2 Å². The Morgan fingerprint density at radius 3 is 1.21 bits per heavy atom. The second kappa shape index (κ2) is 42.2. The van der Waals surface area contributed by atoms with Crippen molar-refractivity contribution < 1.29 is 56.5 Å². The fourth-order valence-corrected chi connectivity index (χ4v) is 13.6. The van der Waals surface area contributed by atoms with Gasteiger partial charge >= 0.3 is 13.8 Å². The van der Waals surface area contributed by atoms with E-state index in [0.717, 1.165) is 79.2 Å². The molecule has 510 valence electrons. The Morgan fingerprint density at radius 2 is 0.821 bits per heavy atom. The summed E-state index contributed by atoms with van der Waals surface area (Å²) in [5.74, 6) is -1.19. The number of amides is 1. The van der Waals surface area contributed by atoms with Crippen molar-refractivity contribution in [2.45, 2.75) is 230 Å². The number of carbonyl (C=O) groups is 2. The van der Waals surface area contributed by atoms with Crippen molar-refractivity contribution in [3.05, 3.63) is 251 Å². The zero-order valence-electron chi connectivity index (χ0n) is 56.2. The number of rotatable bonds is 46. The molecule has 1 fully saturated rings. The molecular formula is C81H104NO12P. The second-order valence-electron chi connectivity index (χ2n) is 25.2. The largest absolute Gasteiger partial charge is 0.477 e. The Balaban J connectivity index is 1.16. The highest BCUT2D eigenvalue weighted by Crippen LogP contribution is 2.54. The van der Waals surface area contributed by atoms with Crippen LogP contribution in [-0.2, 0) is 83.4 Å². The molecule has 0 radical (unpaired) electrons. The molecule has 1 amide bonds. The van der Waals surface area contributed by atoms with Crippen LogP contribution < -0.4 is 5.32 Å². The number of phosphoric ester groups is 1. The number of nitrogens with one attached hydrogen (secondary N) is 1. The monoisotopic (exact) mass is 1310 g/mol. The van der Waals surface area contributed by atoms with Crippen LogP contribution in [0.2, 0.25) is 0 Å². The summed E-state index contributed by atoms with van der Waals surface area (Å²) in [6.45, 7) is 4.27. The molecular weight excluding hydrogens is 1210 g/mol. The molecule has 0 saturated carbocycles. The number of unbranched alkanes of at least 4 members (excludes halogenated alkanes) is 16. The Labute approximate surface area is 566 Å². The van der Waals surface area contributed by atoms with Crippen LogP contribution in [0.3, 0.4) is 0 Å². The number of benzene rings is 7. The van der Waals surface area contributed by atoms with E-state index in [2.05, 4.69) is 19.2 Å². The normalized spacial score (nSPS) is 17.2. The van der Waals surface area contributed by atoms with Gasteiger partial charge in [0, 0.05) is 0 Å². The van der Waals surface area contributed by atoms with Crippen molar-refractivity contribution in [1.82, 2.24) is 5.32 Å². The Morgan fingerprint density at radius 1 is 0.474 bits per heavy atom. The maximum absolute atomic E-state index is 15.8. The number of ether oxygens (including phenoxy) is 5. The molecule has 0 aromatic heterocycles. The Bertz CT molecular complexity index is 3060. The average Bonchev–Trinajstić information content (AvgIpc) is 0.774. The first-order valence-corrected chi connectivity index (χ1v) is 36.7.